The smallest absolute Gasteiger partial charge is 0.274 e. The summed E-state index contributed by atoms with van der Waals surface area (Å²) in [4.78, 5) is 12.5. The molecule has 22 heavy (non-hydrogen) atoms. The minimum absolute atomic E-state index is 0.101. The summed E-state index contributed by atoms with van der Waals surface area (Å²) >= 11 is 0. The first kappa shape index (κ1) is 14.9. The molecule has 3 rings (SSSR count). The van der Waals surface area contributed by atoms with Crippen LogP contribution in [0.1, 0.15) is 24.0 Å². The molecule has 1 atom stereocenters. The number of nitrogens with two attached hydrogens (primary N) is 1. The molecule has 1 unspecified atom stereocenters. The number of benzene rings is 1. The molecular weight excluding hydrogens is 276 g/mol. The van der Waals surface area contributed by atoms with Gasteiger partial charge in [-0.25, -0.2) is 0 Å². The van der Waals surface area contributed by atoms with E-state index in [0.717, 1.165) is 36.3 Å². The predicted octanol–water partition coefficient (Wildman–Crippen LogP) is 2.89. The van der Waals surface area contributed by atoms with Gasteiger partial charge in [0.1, 0.15) is 0 Å². The Bertz CT molecular complexity index is 743. The number of ether oxygens (including phenoxy) is 1. The summed E-state index contributed by atoms with van der Waals surface area (Å²) in [6, 6.07) is 9.90. The second-order valence-corrected chi connectivity index (χ2v) is 6.04. The zero-order chi connectivity index (χ0) is 15.7. The molecule has 1 aliphatic heterocycles. The largest absolute Gasteiger partial charge is 0.394 e. The Labute approximate surface area is 130 Å². The first-order valence-corrected chi connectivity index (χ1v) is 7.75. The van der Waals surface area contributed by atoms with Crippen molar-refractivity contribution in [1.82, 2.24) is 4.57 Å². The Kier molecular flexibility index (Phi) is 4.03. The van der Waals surface area contributed by atoms with Crippen molar-refractivity contribution in [1.29, 1.82) is 0 Å². The fraction of sp³-hybridized carbons (Fsp3) is 0.389. The van der Waals surface area contributed by atoms with Crippen molar-refractivity contribution in [3.05, 3.63) is 51.8 Å². The highest BCUT2D eigenvalue weighted by molar-refractivity contribution is 5.65. The van der Waals surface area contributed by atoms with Crippen LogP contribution in [-0.4, -0.2) is 17.3 Å². The molecule has 1 aromatic heterocycles. The maximum absolute atomic E-state index is 12.5. The topological polar surface area (TPSA) is 57.2 Å². The van der Waals surface area contributed by atoms with Gasteiger partial charge in [0, 0.05) is 12.2 Å². The number of nitrogen functional groups attached to an aromatic ring is 1. The minimum atomic E-state index is -0.132. The zero-order valence-electron chi connectivity index (χ0n) is 13.1. The number of rotatable bonds is 3. The third kappa shape index (κ3) is 2.79. The first-order chi connectivity index (χ1) is 10.6. The summed E-state index contributed by atoms with van der Waals surface area (Å²) in [6.45, 7) is 5.48. The van der Waals surface area contributed by atoms with Crippen LogP contribution in [0.2, 0.25) is 0 Å². The standard InChI is InChI=1S/C18H22N2O2/c1-12-5-6-15(13(2)10-12)17-8-7-16(19)18(21)20(17)11-14-4-3-9-22-14/h5-8,10,14H,3-4,9,11,19H2,1-2H3. The number of aryl methyl sites for hydroxylation is 2. The van der Waals surface area contributed by atoms with Crippen LogP contribution < -0.4 is 11.3 Å². The second-order valence-electron chi connectivity index (χ2n) is 6.04. The van der Waals surface area contributed by atoms with Crippen molar-refractivity contribution < 1.29 is 4.74 Å². The van der Waals surface area contributed by atoms with Gasteiger partial charge in [-0.05, 0) is 44.4 Å². The van der Waals surface area contributed by atoms with Crippen molar-refractivity contribution in [2.24, 2.45) is 0 Å². The van der Waals surface area contributed by atoms with E-state index < -0.39 is 0 Å². The maximum Gasteiger partial charge on any atom is 0.274 e. The Morgan fingerprint density at radius 3 is 2.77 bits per heavy atom. The van der Waals surface area contributed by atoms with Gasteiger partial charge >= 0.3 is 0 Å². The Morgan fingerprint density at radius 1 is 1.27 bits per heavy atom. The third-order valence-electron chi connectivity index (χ3n) is 4.27. The molecule has 0 saturated carbocycles. The van der Waals surface area contributed by atoms with Crippen LogP contribution in [0, 0.1) is 13.8 Å². The average Bonchev–Trinajstić information content (AvgIpc) is 2.98. The number of anilines is 1. The molecular formula is C18H22N2O2. The molecule has 0 bridgehead atoms. The van der Waals surface area contributed by atoms with Crippen LogP contribution >= 0.6 is 0 Å². The zero-order valence-corrected chi connectivity index (χ0v) is 13.1. The van der Waals surface area contributed by atoms with Crippen LogP contribution in [0.4, 0.5) is 5.69 Å². The van der Waals surface area contributed by atoms with Gasteiger partial charge in [-0.1, -0.05) is 23.8 Å². The van der Waals surface area contributed by atoms with E-state index in [1.807, 2.05) is 6.07 Å². The first-order valence-electron chi connectivity index (χ1n) is 7.75. The van der Waals surface area contributed by atoms with E-state index in [-0.39, 0.29) is 17.4 Å². The molecule has 4 heteroatoms. The lowest BCUT2D eigenvalue weighted by Gasteiger charge is -2.18. The molecule has 2 aromatic rings. The number of hydrogen-bond acceptors (Lipinski definition) is 3. The molecule has 1 aliphatic rings. The average molecular weight is 298 g/mol. The second kappa shape index (κ2) is 5.97. The van der Waals surface area contributed by atoms with Crippen molar-refractivity contribution in [3.8, 4) is 11.3 Å². The van der Waals surface area contributed by atoms with E-state index in [4.69, 9.17) is 10.5 Å². The van der Waals surface area contributed by atoms with Crippen LogP contribution in [-0.2, 0) is 11.3 Å². The molecule has 1 aromatic carbocycles. The summed E-state index contributed by atoms with van der Waals surface area (Å²) < 4.78 is 7.46. The Hall–Kier alpha value is -2.07. The molecule has 2 N–H and O–H groups in total. The van der Waals surface area contributed by atoms with Gasteiger partial charge in [-0.15, -0.1) is 0 Å². The van der Waals surface area contributed by atoms with Crippen molar-refractivity contribution in [2.45, 2.75) is 39.3 Å². The number of aromatic nitrogens is 1. The van der Waals surface area contributed by atoms with Gasteiger partial charge in [0.15, 0.2) is 0 Å². The fourth-order valence-corrected chi connectivity index (χ4v) is 3.10. The van der Waals surface area contributed by atoms with E-state index >= 15 is 0 Å². The third-order valence-corrected chi connectivity index (χ3v) is 4.27. The van der Waals surface area contributed by atoms with Gasteiger partial charge in [0.2, 0.25) is 0 Å². The lowest BCUT2D eigenvalue weighted by atomic mass is 10.0. The summed E-state index contributed by atoms with van der Waals surface area (Å²) in [6.07, 6.45) is 2.15. The fourth-order valence-electron chi connectivity index (χ4n) is 3.10. The van der Waals surface area contributed by atoms with Gasteiger partial charge in [0.25, 0.3) is 5.56 Å². The SMILES string of the molecule is Cc1ccc(-c2ccc(N)c(=O)n2CC2CCCO2)c(C)c1. The molecule has 1 saturated heterocycles. The van der Waals surface area contributed by atoms with Crippen LogP contribution in [0.5, 0.6) is 0 Å². The normalized spacial score (nSPS) is 17.8. The van der Waals surface area contributed by atoms with Crippen LogP contribution in [0.15, 0.2) is 35.1 Å². The van der Waals surface area contributed by atoms with Crippen molar-refractivity contribution >= 4 is 5.69 Å². The molecule has 1 fully saturated rings. The molecule has 0 radical (unpaired) electrons. The number of nitrogens with zero attached hydrogens (tertiary/aromatic N) is 1. The Balaban J connectivity index is 2.10. The molecule has 116 valence electrons. The molecule has 4 nitrogen and oxygen atoms in total. The summed E-state index contributed by atoms with van der Waals surface area (Å²) in [5.41, 5.74) is 10.3. The quantitative estimate of drug-likeness (QED) is 0.948. The maximum atomic E-state index is 12.5. The van der Waals surface area contributed by atoms with Crippen molar-refractivity contribution in [2.75, 3.05) is 12.3 Å². The van der Waals surface area contributed by atoms with E-state index in [0.29, 0.717) is 6.54 Å². The summed E-state index contributed by atoms with van der Waals surface area (Å²) in [7, 11) is 0. The molecule has 0 spiro atoms. The highest BCUT2D eigenvalue weighted by atomic mass is 16.5. The lowest BCUT2D eigenvalue weighted by molar-refractivity contribution is 0.0966. The highest BCUT2D eigenvalue weighted by Gasteiger charge is 2.19. The molecule has 0 amide bonds. The highest BCUT2D eigenvalue weighted by Crippen LogP contribution is 2.25. The van der Waals surface area contributed by atoms with Gasteiger partial charge < -0.3 is 15.0 Å². The Morgan fingerprint density at radius 2 is 2.09 bits per heavy atom. The summed E-state index contributed by atoms with van der Waals surface area (Å²) in [5, 5.41) is 0. The van der Waals surface area contributed by atoms with E-state index in [1.165, 1.54) is 5.56 Å². The van der Waals surface area contributed by atoms with Crippen LogP contribution in [0.3, 0.4) is 0 Å². The minimum Gasteiger partial charge on any atom is -0.394 e. The predicted molar refractivity (Wildman–Crippen MR) is 89.0 cm³/mol. The number of hydrogen-bond donors (Lipinski definition) is 1. The number of pyridine rings is 1. The van der Waals surface area contributed by atoms with E-state index in [1.54, 1.807) is 10.6 Å². The molecule has 2 heterocycles. The monoisotopic (exact) mass is 298 g/mol. The van der Waals surface area contributed by atoms with Gasteiger partial charge in [-0.3, -0.25) is 4.79 Å². The van der Waals surface area contributed by atoms with Crippen molar-refractivity contribution in [3.63, 3.8) is 0 Å². The van der Waals surface area contributed by atoms with Gasteiger partial charge in [0.05, 0.1) is 24.0 Å². The van der Waals surface area contributed by atoms with E-state index in [2.05, 4.69) is 32.0 Å². The van der Waals surface area contributed by atoms with Crippen LogP contribution in [0.25, 0.3) is 11.3 Å². The lowest BCUT2D eigenvalue weighted by Crippen LogP contribution is -2.29. The van der Waals surface area contributed by atoms with Gasteiger partial charge in [-0.2, -0.15) is 0 Å². The van der Waals surface area contributed by atoms with E-state index in [9.17, 15) is 4.79 Å². The molecule has 0 aliphatic carbocycles. The summed E-state index contributed by atoms with van der Waals surface area (Å²) in [5.74, 6) is 0.